The predicted octanol–water partition coefficient (Wildman–Crippen LogP) is 2.94. The Morgan fingerprint density at radius 3 is 2.83 bits per heavy atom. The Kier molecular flexibility index (Phi) is 9.67. The van der Waals surface area contributed by atoms with Gasteiger partial charge in [0.2, 0.25) is 0 Å². The number of pyridine rings is 1. The van der Waals surface area contributed by atoms with Gasteiger partial charge in [-0.1, -0.05) is 23.4 Å². The number of likely N-dealkylation sites (N-methyl/N-ethyl adjacent to an activating group) is 1. The van der Waals surface area contributed by atoms with E-state index in [2.05, 4.69) is 25.9 Å². The van der Waals surface area contributed by atoms with Gasteiger partial charge in [-0.2, -0.15) is 0 Å². The van der Waals surface area contributed by atoms with Crippen molar-refractivity contribution in [3.05, 3.63) is 70.3 Å². The van der Waals surface area contributed by atoms with Crippen LogP contribution in [0.5, 0.6) is 5.75 Å². The number of aliphatic imine (C=N–C) groups is 1. The molecule has 40 heavy (non-hydrogen) atoms. The summed E-state index contributed by atoms with van der Waals surface area (Å²) in [6, 6.07) is 1.86. The Labute approximate surface area is 238 Å². The molecule has 0 bridgehead atoms. The third-order valence-electron chi connectivity index (χ3n) is 6.29. The quantitative estimate of drug-likeness (QED) is 0.191. The van der Waals surface area contributed by atoms with Crippen molar-refractivity contribution in [2.75, 3.05) is 46.3 Å². The summed E-state index contributed by atoms with van der Waals surface area (Å²) < 4.78 is 10.9. The first-order valence-corrected chi connectivity index (χ1v) is 13.8. The Morgan fingerprint density at radius 1 is 1.38 bits per heavy atom. The highest BCUT2D eigenvalue weighted by Gasteiger charge is 2.24. The number of hydrogen-bond acceptors (Lipinski definition) is 10. The van der Waals surface area contributed by atoms with Gasteiger partial charge in [-0.15, -0.1) is 0 Å². The first kappa shape index (κ1) is 29.0. The van der Waals surface area contributed by atoms with E-state index in [0.717, 1.165) is 28.9 Å². The van der Waals surface area contributed by atoms with Gasteiger partial charge in [0.1, 0.15) is 11.5 Å². The van der Waals surface area contributed by atoms with Gasteiger partial charge in [0, 0.05) is 55.8 Å². The molecule has 1 unspecified atom stereocenters. The summed E-state index contributed by atoms with van der Waals surface area (Å²) in [6.07, 6.45) is 12.8. The van der Waals surface area contributed by atoms with Crippen molar-refractivity contribution < 1.29 is 14.3 Å². The van der Waals surface area contributed by atoms with Gasteiger partial charge in [0.25, 0.3) is 5.91 Å². The van der Waals surface area contributed by atoms with Gasteiger partial charge in [-0.3, -0.25) is 4.79 Å². The number of thioether (sulfide) groups is 1. The first-order chi connectivity index (χ1) is 19.3. The fourth-order valence-electron chi connectivity index (χ4n) is 4.02. The number of rotatable bonds is 12. The maximum atomic E-state index is 13.1. The Balaban J connectivity index is 1.47. The molecule has 4 rings (SSSR count). The molecule has 12 heteroatoms. The van der Waals surface area contributed by atoms with E-state index in [-0.39, 0.29) is 17.0 Å². The molecule has 1 atom stereocenters. The largest absolute Gasteiger partial charge is 0.492 e. The number of dihydropyridines is 1. The van der Waals surface area contributed by atoms with Crippen molar-refractivity contribution >= 4 is 40.6 Å². The number of anilines is 1. The molecular weight excluding hydrogens is 528 g/mol. The van der Waals surface area contributed by atoms with Crippen LogP contribution in [0.15, 0.2) is 69.8 Å². The number of amidine groups is 1. The number of hydrogen-bond donors (Lipinski definition) is 5. The van der Waals surface area contributed by atoms with Gasteiger partial charge in [-0.05, 0) is 37.5 Å². The van der Waals surface area contributed by atoms with E-state index in [1.807, 2.05) is 18.3 Å². The van der Waals surface area contributed by atoms with Crippen LogP contribution in [0.25, 0.3) is 5.57 Å². The van der Waals surface area contributed by atoms with E-state index in [0.29, 0.717) is 48.5 Å². The first-order valence-electron chi connectivity index (χ1n) is 12.9. The van der Waals surface area contributed by atoms with E-state index >= 15 is 0 Å². The van der Waals surface area contributed by atoms with Crippen LogP contribution in [0.2, 0.25) is 0 Å². The summed E-state index contributed by atoms with van der Waals surface area (Å²) in [4.78, 5) is 24.6. The molecule has 1 aromatic heterocycles. The van der Waals surface area contributed by atoms with Crippen LogP contribution < -0.4 is 26.4 Å². The maximum Gasteiger partial charge on any atom is 0.269 e. The van der Waals surface area contributed by atoms with Crippen molar-refractivity contribution in [1.82, 2.24) is 20.5 Å². The van der Waals surface area contributed by atoms with Crippen LogP contribution in [0.4, 0.5) is 5.82 Å². The van der Waals surface area contributed by atoms with E-state index in [9.17, 15) is 4.79 Å². The number of nitrogens with two attached hydrogens (primary N) is 1. The summed E-state index contributed by atoms with van der Waals surface area (Å²) in [5.74, 6) is 1.17. The minimum atomic E-state index is -0.0882. The van der Waals surface area contributed by atoms with Crippen molar-refractivity contribution in [2.24, 2.45) is 10.7 Å². The van der Waals surface area contributed by atoms with E-state index in [1.54, 1.807) is 69.4 Å². The standard InChI is InChI=1S/C28H36N8O3S/c1-17(29)23(11-24(30)33-12-18-5-6-18)35-27-26(39-4)21(9-10-31-27)19-7-8-22(32-13-19)28(37)36(2)15-25-34-14-20(40-25)16-38-3/h7-12,14,25,29,32,34H,5-6,13,15-16H2,1-4H3,(H2,30,33)(H,31,35)/b23-11+,29-17?. The molecular formula is C28H36N8O3S. The molecule has 0 aromatic carbocycles. The molecule has 1 amide bonds. The summed E-state index contributed by atoms with van der Waals surface area (Å²) in [6.45, 7) is 3.19. The monoisotopic (exact) mass is 564 g/mol. The molecule has 0 saturated heterocycles. The summed E-state index contributed by atoms with van der Waals surface area (Å²) >= 11 is 1.67. The Hall–Kier alpha value is -4.03. The fourth-order valence-corrected chi connectivity index (χ4v) is 5.14. The van der Waals surface area contributed by atoms with Gasteiger partial charge < -0.3 is 41.5 Å². The lowest BCUT2D eigenvalue weighted by Gasteiger charge is -2.25. The lowest BCUT2D eigenvalue weighted by Crippen LogP contribution is -2.40. The molecule has 1 aromatic rings. The lowest BCUT2D eigenvalue weighted by molar-refractivity contribution is -0.126. The number of nitrogens with one attached hydrogen (secondary N) is 4. The minimum Gasteiger partial charge on any atom is -0.492 e. The molecule has 1 aliphatic carbocycles. The molecule has 11 nitrogen and oxygen atoms in total. The van der Waals surface area contributed by atoms with Crippen LogP contribution in [-0.4, -0.2) is 73.7 Å². The van der Waals surface area contributed by atoms with Crippen molar-refractivity contribution in [3.8, 4) is 5.75 Å². The Bertz CT molecular complexity index is 1340. The zero-order valence-electron chi connectivity index (χ0n) is 23.2. The molecule has 0 radical (unpaired) electrons. The van der Waals surface area contributed by atoms with Crippen molar-refractivity contribution in [2.45, 2.75) is 25.1 Å². The van der Waals surface area contributed by atoms with Crippen LogP contribution in [0, 0.1) is 5.41 Å². The van der Waals surface area contributed by atoms with Crippen molar-refractivity contribution in [3.63, 3.8) is 0 Å². The number of aromatic nitrogens is 1. The highest BCUT2D eigenvalue weighted by atomic mass is 32.2. The van der Waals surface area contributed by atoms with Gasteiger partial charge in [0.05, 0.1) is 37.0 Å². The van der Waals surface area contributed by atoms with Gasteiger partial charge in [0.15, 0.2) is 11.6 Å². The predicted molar refractivity (Wildman–Crippen MR) is 161 cm³/mol. The third kappa shape index (κ3) is 7.54. The van der Waals surface area contributed by atoms with Gasteiger partial charge in [-0.25, -0.2) is 9.98 Å². The highest BCUT2D eigenvalue weighted by molar-refractivity contribution is 8.03. The second-order valence-electron chi connectivity index (χ2n) is 9.52. The van der Waals surface area contributed by atoms with Crippen LogP contribution in [0.3, 0.4) is 0 Å². The molecule has 212 valence electrons. The maximum absolute atomic E-state index is 13.1. The van der Waals surface area contributed by atoms with E-state index in [1.165, 1.54) is 5.57 Å². The molecule has 3 aliphatic rings. The zero-order valence-corrected chi connectivity index (χ0v) is 24.0. The number of carbonyl (C=O) groups excluding carboxylic acids is 1. The van der Waals surface area contributed by atoms with E-state index in [4.69, 9.17) is 20.6 Å². The molecule has 6 N–H and O–H groups in total. The number of carbonyl (C=O) groups is 1. The summed E-state index contributed by atoms with van der Waals surface area (Å²) in [5, 5.41) is 18.0. The third-order valence-corrected chi connectivity index (χ3v) is 7.39. The lowest BCUT2D eigenvalue weighted by atomic mass is 10.0. The zero-order chi connectivity index (χ0) is 28.6. The number of nitrogens with zero attached hydrogens (tertiary/aromatic N) is 3. The van der Waals surface area contributed by atoms with Gasteiger partial charge >= 0.3 is 0 Å². The molecule has 3 heterocycles. The molecule has 1 saturated carbocycles. The SMILES string of the molecule is COCC1=CNC(CN(C)C(=O)C2=CC=C(c3ccnc(N/C(=C/C(N)=NC=C4CC4)C(C)=N)c3OC)CN2)S1. The van der Waals surface area contributed by atoms with Crippen LogP contribution in [-0.2, 0) is 9.53 Å². The fraction of sp³-hybridized carbons (Fsp3) is 0.357. The smallest absolute Gasteiger partial charge is 0.269 e. The highest BCUT2D eigenvalue weighted by Crippen LogP contribution is 2.34. The average molecular weight is 565 g/mol. The second kappa shape index (κ2) is 13.4. The number of allylic oxidation sites excluding steroid dienone is 4. The summed E-state index contributed by atoms with van der Waals surface area (Å²) in [5.41, 5.74) is 10.3. The average Bonchev–Trinajstić information content (AvgIpc) is 3.69. The normalized spacial score (nSPS) is 18.6. The Morgan fingerprint density at radius 2 is 2.17 bits per heavy atom. The van der Waals surface area contributed by atoms with Crippen LogP contribution in [0.1, 0.15) is 25.3 Å². The minimum absolute atomic E-state index is 0.0850. The number of amides is 1. The molecule has 1 fully saturated rings. The molecule has 2 aliphatic heterocycles. The topological polar surface area (TPSA) is 150 Å². The van der Waals surface area contributed by atoms with E-state index < -0.39 is 0 Å². The summed E-state index contributed by atoms with van der Waals surface area (Å²) in [7, 11) is 5.03. The number of methoxy groups -OCH3 is 2. The molecule has 0 spiro atoms. The van der Waals surface area contributed by atoms with Crippen LogP contribution >= 0.6 is 11.8 Å². The van der Waals surface area contributed by atoms with Crippen molar-refractivity contribution in [1.29, 1.82) is 5.41 Å². The number of ether oxygens (including phenoxy) is 2. The second-order valence-corrected chi connectivity index (χ2v) is 10.8.